The van der Waals surface area contributed by atoms with Crippen molar-refractivity contribution in [3.63, 3.8) is 0 Å². The van der Waals surface area contributed by atoms with Gasteiger partial charge in [0.15, 0.2) is 0 Å². The minimum absolute atomic E-state index is 0. The van der Waals surface area contributed by atoms with Crippen LogP contribution in [0.15, 0.2) is 18.2 Å². The zero-order chi connectivity index (χ0) is 14.5. The van der Waals surface area contributed by atoms with E-state index < -0.39 is 0 Å². The summed E-state index contributed by atoms with van der Waals surface area (Å²) in [4.78, 5) is 14.0. The first-order valence-corrected chi connectivity index (χ1v) is 7.44. The van der Waals surface area contributed by atoms with E-state index in [1.165, 1.54) is 12.8 Å². The summed E-state index contributed by atoms with van der Waals surface area (Å²) < 4.78 is 0. The molecule has 1 fully saturated rings. The summed E-state index contributed by atoms with van der Waals surface area (Å²) >= 11 is 6.01. The summed E-state index contributed by atoms with van der Waals surface area (Å²) in [7, 11) is 3.89. The van der Waals surface area contributed by atoms with Crippen molar-refractivity contribution >= 4 is 53.7 Å². The summed E-state index contributed by atoms with van der Waals surface area (Å²) in [5, 5.41) is 7.00. The van der Waals surface area contributed by atoms with Gasteiger partial charge in [-0.3, -0.25) is 4.79 Å². The Morgan fingerprint density at radius 2 is 2.14 bits per heavy atom. The van der Waals surface area contributed by atoms with E-state index >= 15 is 0 Å². The average molecular weight is 369 g/mol. The van der Waals surface area contributed by atoms with E-state index in [0.29, 0.717) is 17.5 Å². The molecule has 0 saturated carbocycles. The molecule has 0 aromatic heterocycles. The van der Waals surface area contributed by atoms with Gasteiger partial charge in [0.25, 0.3) is 0 Å². The topological polar surface area (TPSA) is 44.4 Å². The molecular formula is C15H24Cl3N3O. The molecule has 1 atom stereocenters. The number of benzene rings is 1. The molecule has 1 aromatic carbocycles. The van der Waals surface area contributed by atoms with Crippen molar-refractivity contribution < 1.29 is 4.79 Å². The first-order valence-electron chi connectivity index (χ1n) is 7.06. The Labute approximate surface area is 149 Å². The molecule has 4 nitrogen and oxygen atoms in total. The van der Waals surface area contributed by atoms with Crippen LogP contribution in [0.2, 0.25) is 5.02 Å². The lowest BCUT2D eigenvalue weighted by atomic mass is 10.1. The van der Waals surface area contributed by atoms with Crippen molar-refractivity contribution in [2.24, 2.45) is 0 Å². The number of hydrogen-bond acceptors (Lipinski definition) is 3. The summed E-state index contributed by atoms with van der Waals surface area (Å²) in [5.74, 6) is 0.0454. The maximum atomic E-state index is 12.1. The van der Waals surface area contributed by atoms with Gasteiger partial charge in [-0.15, -0.1) is 24.8 Å². The number of carbonyl (C=O) groups is 1. The number of nitrogens with one attached hydrogen (secondary N) is 2. The number of hydrogen-bond donors (Lipinski definition) is 2. The molecule has 1 aliphatic heterocycles. The molecule has 7 heteroatoms. The molecule has 1 saturated heterocycles. The normalized spacial score (nSPS) is 16.4. The highest BCUT2D eigenvalue weighted by Crippen LogP contribution is 2.28. The van der Waals surface area contributed by atoms with Crippen molar-refractivity contribution in [3.8, 4) is 0 Å². The lowest BCUT2D eigenvalue weighted by molar-refractivity contribution is -0.116. The van der Waals surface area contributed by atoms with E-state index in [0.717, 1.165) is 24.3 Å². The number of halogens is 3. The molecule has 0 spiro atoms. The van der Waals surface area contributed by atoms with Crippen LogP contribution in [-0.2, 0) is 4.79 Å². The zero-order valence-corrected chi connectivity index (χ0v) is 15.3. The van der Waals surface area contributed by atoms with E-state index in [1.807, 2.05) is 31.1 Å². The van der Waals surface area contributed by atoms with Crippen LogP contribution in [0.5, 0.6) is 0 Å². The second-order valence-electron chi connectivity index (χ2n) is 5.44. The SMILES string of the molecule is CN(C)c1ccc(Cl)cc1NC(=O)CCC1CCCN1.Cl.Cl. The molecule has 2 N–H and O–H groups in total. The monoisotopic (exact) mass is 367 g/mol. The molecular weight excluding hydrogens is 345 g/mol. The maximum absolute atomic E-state index is 12.1. The third kappa shape index (κ3) is 6.21. The van der Waals surface area contributed by atoms with Crippen molar-refractivity contribution in [1.82, 2.24) is 5.32 Å². The molecule has 22 heavy (non-hydrogen) atoms. The minimum Gasteiger partial charge on any atom is -0.376 e. The number of anilines is 2. The standard InChI is InChI=1S/C15H22ClN3O.2ClH/c1-19(2)14-7-5-11(16)10-13(14)18-15(20)8-6-12-4-3-9-17-12;;/h5,7,10,12,17H,3-4,6,8-9H2,1-2H3,(H,18,20);2*1H. The van der Waals surface area contributed by atoms with E-state index in [9.17, 15) is 4.79 Å². The number of carbonyl (C=O) groups excluding carboxylic acids is 1. The fraction of sp³-hybridized carbons (Fsp3) is 0.533. The highest BCUT2D eigenvalue weighted by Gasteiger charge is 2.16. The van der Waals surface area contributed by atoms with Gasteiger partial charge in [0.05, 0.1) is 11.4 Å². The van der Waals surface area contributed by atoms with Crippen LogP contribution in [0.4, 0.5) is 11.4 Å². The summed E-state index contributed by atoms with van der Waals surface area (Å²) in [6.45, 7) is 1.07. The smallest absolute Gasteiger partial charge is 0.224 e. The van der Waals surface area contributed by atoms with Crippen LogP contribution in [0.25, 0.3) is 0 Å². The van der Waals surface area contributed by atoms with Crippen LogP contribution in [0, 0.1) is 0 Å². The molecule has 1 unspecified atom stereocenters. The minimum atomic E-state index is 0. The van der Waals surface area contributed by atoms with Crippen molar-refractivity contribution in [2.45, 2.75) is 31.7 Å². The van der Waals surface area contributed by atoms with Crippen molar-refractivity contribution in [1.29, 1.82) is 0 Å². The van der Waals surface area contributed by atoms with Gasteiger partial charge in [0, 0.05) is 31.6 Å². The predicted octanol–water partition coefficient (Wildman–Crippen LogP) is 3.72. The highest BCUT2D eigenvalue weighted by molar-refractivity contribution is 6.31. The van der Waals surface area contributed by atoms with E-state index in [1.54, 1.807) is 6.07 Å². The Hall–Kier alpha value is -0.680. The molecule has 126 valence electrons. The quantitative estimate of drug-likeness (QED) is 0.832. The van der Waals surface area contributed by atoms with E-state index in [2.05, 4.69) is 10.6 Å². The summed E-state index contributed by atoms with van der Waals surface area (Å²) in [5.41, 5.74) is 1.73. The predicted molar refractivity (Wildman–Crippen MR) is 99.2 cm³/mol. The lowest BCUT2D eigenvalue weighted by Crippen LogP contribution is -2.24. The Morgan fingerprint density at radius 3 is 2.73 bits per heavy atom. The van der Waals surface area contributed by atoms with Crippen LogP contribution >= 0.6 is 36.4 Å². The highest BCUT2D eigenvalue weighted by atomic mass is 35.5. The molecule has 1 aliphatic rings. The van der Waals surface area contributed by atoms with Gasteiger partial charge in [0.2, 0.25) is 5.91 Å². The van der Waals surface area contributed by atoms with Gasteiger partial charge in [-0.1, -0.05) is 11.6 Å². The van der Waals surface area contributed by atoms with E-state index in [-0.39, 0.29) is 30.7 Å². The number of amides is 1. The largest absolute Gasteiger partial charge is 0.376 e. The average Bonchev–Trinajstić information content (AvgIpc) is 2.89. The third-order valence-corrected chi connectivity index (χ3v) is 3.83. The first-order chi connectivity index (χ1) is 9.56. The van der Waals surface area contributed by atoms with Crippen LogP contribution in [-0.4, -0.2) is 32.6 Å². The Morgan fingerprint density at radius 1 is 1.41 bits per heavy atom. The third-order valence-electron chi connectivity index (χ3n) is 3.60. The van der Waals surface area contributed by atoms with Gasteiger partial charge in [-0.05, 0) is 44.0 Å². The second-order valence-corrected chi connectivity index (χ2v) is 5.87. The molecule has 0 radical (unpaired) electrons. The first kappa shape index (κ1) is 21.3. The maximum Gasteiger partial charge on any atom is 0.224 e. The molecule has 1 aromatic rings. The molecule has 1 amide bonds. The molecule has 0 bridgehead atoms. The fourth-order valence-corrected chi connectivity index (χ4v) is 2.69. The Bertz CT molecular complexity index is 477. The fourth-order valence-electron chi connectivity index (χ4n) is 2.52. The molecule has 1 heterocycles. The van der Waals surface area contributed by atoms with Crippen LogP contribution < -0.4 is 15.5 Å². The lowest BCUT2D eigenvalue weighted by Gasteiger charge is -2.18. The van der Waals surface area contributed by atoms with Gasteiger partial charge >= 0.3 is 0 Å². The summed E-state index contributed by atoms with van der Waals surface area (Å²) in [6, 6.07) is 6.03. The van der Waals surface area contributed by atoms with Crippen LogP contribution in [0.3, 0.4) is 0 Å². The van der Waals surface area contributed by atoms with Gasteiger partial charge in [-0.25, -0.2) is 0 Å². The molecule has 0 aliphatic carbocycles. The van der Waals surface area contributed by atoms with Gasteiger partial charge in [0.1, 0.15) is 0 Å². The van der Waals surface area contributed by atoms with E-state index in [4.69, 9.17) is 11.6 Å². The van der Waals surface area contributed by atoms with Crippen LogP contribution in [0.1, 0.15) is 25.7 Å². The van der Waals surface area contributed by atoms with Crippen molar-refractivity contribution in [3.05, 3.63) is 23.2 Å². The van der Waals surface area contributed by atoms with Gasteiger partial charge in [-0.2, -0.15) is 0 Å². The van der Waals surface area contributed by atoms with Crippen molar-refractivity contribution in [2.75, 3.05) is 30.9 Å². The molecule has 2 rings (SSSR count). The Balaban J connectivity index is 0.00000220. The zero-order valence-electron chi connectivity index (χ0n) is 12.9. The second kappa shape index (κ2) is 10.2. The summed E-state index contributed by atoms with van der Waals surface area (Å²) in [6.07, 6.45) is 3.82. The number of nitrogens with zero attached hydrogens (tertiary/aromatic N) is 1. The number of rotatable bonds is 5. The van der Waals surface area contributed by atoms with Gasteiger partial charge < -0.3 is 15.5 Å². The Kier molecular flexibility index (Phi) is 9.85.